The first-order chi connectivity index (χ1) is 8.62. The van der Waals surface area contributed by atoms with Gasteiger partial charge in [0.05, 0.1) is 6.61 Å². The van der Waals surface area contributed by atoms with Crippen molar-refractivity contribution < 1.29 is 5.11 Å². The molecule has 0 aliphatic carbocycles. The zero-order chi connectivity index (χ0) is 13.0. The highest BCUT2D eigenvalue weighted by Crippen LogP contribution is 2.24. The molecule has 0 amide bonds. The second-order valence-electron chi connectivity index (χ2n) is 6.08. The summed E-state index contributed by atoms with van der Waals surface area (Å²) in [7, 11) is 0. The monoisotopic (exact) mass is 247 g/mol. The fourth-order valence-electron chi connectivity index (χ4n) is 2.56. The van der Waals surface area contributed by atoms with Crippen molar-refractivity contribution in [2.24, 2.45) is 0 Å². The average molecular weight is 247 g/mol. The van der Waals surface area contributed by atoms with E-state index in [-0.39, 0.29) is 12.0 Å². The first kappa shape index (κ1) is 13.6. The van der Waals surface area contributed by atoms with Crippen molar-refractivity contribution in [3.63, 3.8) is 0 Å². The zero-order valence-electron chi connectivity index (χ0n) is 11.7. The van der Waals surface area contributed by atoms with E-state index in [1.54, 1.807) is 0 Å². The fraction of sp³-hybridized carbons (Fsp3) is 0.625. The Morgan fingerprint density at radius 3 is 2.56 bits per heavy atom. The lowest BCUT2D eigenvalue weighted by Gasteiger charge is -2.27. The molecule has 2 nitrogen and oxygen atoms in total. The van der Waals surface area contributed by atoms with E-state index >= 15 is 0 Å². The van der Waals surface area contributed by atoms with Crippen LogP contribution in [-0.2, 0) is 12.0 Å². The molecule has 1 N–H and O–H groups in total. The molecule has 0 saturated carbocycles. The summed E-state index contributed by atoms with van der Waals surface area (Å²) in [6, 6.07) is 8.69. The zero-order valence-corrected chi connectivity index (χ0v) is 11.7. The highest BCUT2D eigenvalue weighted by atomic mass is 16.3. The quantitative estimate of drug-likeness (QED) is 0.884. The minimum absolute atomic E-state index is 0.141. The SMILES string of the molecule is CC(C)(CO)c1cccc(CN2CCCCC2)c1. The Morgan fingerprint density at radius 2 is 1.89 bits per heavy atom. The molecule has 1 aromatic carbocycles. The minimum Gasteiger partial charge on any atom is -0.395 e. The summed E-state index contributed by atoms with van der Waals surface area (Å²) in [4.78, 5) is 2.54. The van der Waals surface area contributed by atoms with Crippen molar-refractivity contribution in [2.75, 3.05) is 19.7 Å². The molecule has 0 radical (unpaired) electrons. The third-order valence-corrected chi connectivity index (χ3v) is 3.96. The van der Waals surface area contributed by atoms with Crippen LogP contribution in [0.3, 0.4) is 0 Å². The molecule has 2 heteroatoms. The van der Waals surface area contributed by atoms with Gasteiger partial charge in [-0.3, -0.25) is 4.90 Å². The Hall–Kier alpha value is -0.860. The number of piperidine rings is 1. The molecule has 1 heterocycles. The summed E-state index contributed by atoms with van der Waals surface area (Å²) in [6.07, 6.45) is 4.05. The molecule has 100 valence electrons. The predicted molar refractivity (Wildman–Crippen MR) is 75.7 cm³/mol. The second kappa shape index (κ2) is 5.85. The summed E-state index contributed by atoms with van der Waals surface area (Å²) in [5, 5.41) is 9.45. The van der Waals surface area contributed by atoms with E-state index in [4.69, 9.17) is 0 Å². The van der Waals surface area contributed by atoms with Crippen molar-refractivity contribution in [3.05, 3.63) is 35.4 Å². The van der Waals surface area contributed by atoms with Gasteiger partial charge in [0, 0.05) is 12.0 Å². The molecule has 0 aromatic heterocycles. The summed E-state index contributed by atoms with van der Waals surface area (Å²) in [6.45, 7) is 7.89. The Morgan fingerprint density at radius 1 is 1.17 bits per heavy atom. The molecule has 2 rings (SSSR count). The first-order valence-electron chi connectivity index (χ1n) is 7.04. The van der Waals surface area contributed by atoms with Crippen LogP contribution in [-0.4, -0.2) is 29.7 Å². The van der Waals surface area contributed by atoms with Gasteiger partial charge < -0.3 is 5.11 Å². The van der Waals surface area contributed by atoms with Crippen LogP contribution in [0, 0.1) is 0 Å². The largest absolute Gasteiger partial charge is 0.395 e. The van der Waals surface area contributed by atoms with Crippen LogP contribution in [0.15, 0.2) is 24.3 Å². The number of aliphatic hydroxyl groups is 1. The third-order valence-electron chi connectivity index (χ3n) is 3.96. The average Bonchev–Trinajstić information content (AvgIpc) is 2.40. The number of benzene rings is 1. The van der Waals surface area contributed by atoms with Gasteiger partial charge in [-0.25, -0.2) is 0 Å². The van der Waals surface area contributed by atoms with Crippen LogP contribution < -0.4 is 0 Å². The molecule has 0 unspecified atom stereocenters. The number of aliphatic hydroxyl groups excluding tert-OH is 1. The lowest BCUT2D eigenvalue weighted by Crippen LogP contribution is -2.29. The van der Waals surface area contributed by atoms with Gasteiger partial charge in [0.2, 0.25) is 0 Å². The Kier molecular flexibility index (Phi) is 4.41. The van der Waals surface area contributed by atoms with Crippen molar-refractivity contribution in [3.8, 4) is 0 Å². The standard InChI is InChI=1S/C16H25NO/c1-16(2,13-18)15-8-6-7-14(11-15)12-17-9-4-3-5-10-17/h6-8,11,18H,3-5,9-10,12-13H2,1-2H3. The van der Waals surface area contributed by atoms with E-state index in [1.165, 1.54) is 43.5 Å². The van der Waals surface area contributed by atoms with E-state index in [9.17, 15) is 5.11 Å². The minimum atomic E-state index is -0.141. The maximum Gasteiger partial charge on any atom is 0.0522 e. The second-order valence-corrected chi connectivity index (χ2v) is 6.08. The molecule has 1 fully saturated rings. The molecular formula is C16H25NO. The topological polar surface area (TPSA) is 23.5 Å². The van der Waals surface area contributed by atoms with Gasteiger partial charge in [0.15, 0.2) is 0 Å². The van der Waals surface area contributed by atoms with Gasteiger partial charge in [-0.15, -0.1) is 0 Å². The summed E-state index contributed by atoms with van der Waals surface area (Å²) >= 11 is 0. The number of likely N-dealkylation sites (tertiary alicyclic amines) is 1. The lowest BCUT2D eigenvalue weighted by molar-refractivity contribution is 0.215. The molecule has 0 atom stereocenters. The molecule has 1 aliphatic heterocycles. The number of hydrogen-bond donors (Lipinski definition) is 1. The summed E-state index contributed by atoms with van der Waals surface area (Å²) < 4.78 is 0. The van der Waals surface area contributed by atoms with Crippen molar-refractivity contribution in [1.82, 2.24) is 4.90 Å². The molecular weight excluding hydrogens is 222 g/mol. The molecule has 18 heavy (non-hydrogen) atoms. The van der Waals surface area contributed by atoms with Crippen molar-refractivity contribution in [2.45, 2.75) is 45.1 Å². The van der Waals surface area contributed by atoms with Crippen LogP contribution >= 0.6 is 0 Å². The maximum absolute atomic E-state index is 9.45. The Labute approximate surface area is 111 Å². The smallest absolute Gasteiger partial charge is 0.0522 e. The Bertz CT molecular complexity index is 380. The van der Waals surface area contributed by atoms with E-state index < -0.39 is 0 Å². The highest BCUT2D eigenvalue weighted by molar-refractivity contribution is 5.29. The van der Waals surface area contributed by atoms with E-state index in [1.807, 2.05) is 0 Å². The first-order valence-corrected chi connectivity index (χ1v) is 7.04. The third kappa shape index (κ3) is 3.33. The number of rotatable bonds is 4. The van der Waals surface area contributed by atoms with Crippen molar-refractivity contribution in [1.29, 1.82) is 0 Å². The molecule has 1 aliphatic rings. The van der Waals surface area contributed by atoms with Crippen LogP contribution in [0.2, 0.25) is 0 Å². The number of hydrogen-bond acceptors (Lipinski definition) is 2. The van der Waals surface area contributed by atoms with Gasteiger partial charge >= 0.3 is 0 Å². The fourth-order valence-corrected chi connectivity index (χ4v) is 2.56. The normalized spacial score (nSPS) is 17.9. The van der Waals surface area contributed by atoms with Crippen LogP contribution in [0.4, 0.5) is 0 Å². The van der Waals surface area contributed by atoms with Gasteiger partial charge in [-0.1, -0.05) is 44.5 Å². The van der Waals surface area contributed by atoms with E-state index in [2.05, 4.69) is 43.0 Å². The van der Waals surface area contributed by atoms with Crippen LogP contribution in [0.1, 0.15) is 44.2 Å². The molecule has 0 spiro atoms. The Balaban J connectivity index is 2.07. The molecule has 1 aromatic rings. The van der Waals surface area contributed by atoms with E-state index in [0.717, 1.165) is 6.54 Å². The number of nitrogens with zero attached hydrogens (tertiary/aromatic N) is 1. The van der Waals surface area contributed by atoms with E-state index in [0.29, 0.717) is 0 Å². The van der Waals surface area contributed by atoms with Crippen LogP contribution in [0.5, 0.6) is 0 Å². The summed E-state index contributed by atoms with van der Waals surface area (Å²) in [5.74, 6) is 0. The van der Waals surface area contributed by atoms with Gasteiger partial charge in [0.1, 0.15) is 0 Å². The van der Waals surface area contributed by atoms with Gasteiger partial charge in [-0.05, 0) is 37.1 Å². The van der Waals surface area contributed by atoms with Crippen molar-refractivity contribution >= 4 is 0 Å². The van der Waals surface area contributed by atoms with Crippen LogP contribution in [0.25, 0.3) is 0 Å². The molecule has 0 bridgehead atoms. The maximum atomic E-state index is 9.45. The summed E-state index contributed by atoms with van der Waals surface area (Å²) in [5.41, 5.74) is 2.47. The lowest BCUT2D eigenvalue weighted by atomic mass is 9.85. The predicted octanol–water partition coefficient (Wildman–Crippen LogP) is 2.94. The van der Waals surface area contributed by atoms with Gasteiger partial charge in [-0.2, -0.15) is 0 Å². The van der Waals surface area contributed by atoms with Gasteiger partial charge in [0.25, 0.3) is 0 Å². The highest BCUT2D eigenvalue weighted by Gasteiger charge is 2.19. The molecule has 1 saturated heterocycles.